The zero-order valence-electron chi connectivity index (χ0n) is 46.8. The van der Waals surface area contributed by atoms with E-state index in [2.05, 4.69) is 143 Å². The van der Waals surface area contributed by atoms with Gasteiger partial charge in [-0.3, -0.25) is 0 Å². The van der Waals surface area contributed by atoms with Crippen LogP contribution in [-0.4, -0.2) is 15.0 Å². The zero-order chi connectivity index (χ0) is 55.2. The summed E-state index contributed by atoms with van der Waals surface area (Å²) >= 11 is 0. The molecule has 3 heterocycles. The summed E-state index contributed by atoms with van der Waals surface area (Å²) in [5.41, 5.74) is 20.6. The molecule has 8 aromatic carbocycles. The van der Waals surface area contributed by atoms with Crippen LogP contribution in [0.4, 0.5) is 0 Å². The minimum Gasteiger partial charge on any atom is -0.305 e. The summed E-state index contributed by atoms with van der Waals surface area (Å²) in [7, 11) is 0. The fourth-order valence-corrected chi connectivity index (χ4v) is 10.0. The minimum atomic E-state index is -2.45. The number of nitrogens with zero attached hydrogens (tertiary/aromatic N) is 4. The fraction of sp³-hybridized carbons (Fsp3) is 0.111. The van der Waals surface area contributed by atoms with Gasteiger partial charge in [0.1, 0.15) is 0 Å². The second-order valence-electron chi connectivity index (χ2n) is 19.3. The fourth-order valence-electron chi connectivity index (χ4n) is 10.0. The Morgan fingerprint density at radius 1 is 0.455 bits per heavy atom. The van der Waals surface area contributed by atoms with Crippen LogP contribution in [0.3, 0.4) is 0 Å². The molecule has 0 bridgehead atoms. The van der Waals surface area contributed by atoms with Crippen LogP contribution in [-0.2, 0) is 45.8 Å². The largest absolute Gasteiger partial charge is 3.00 e. The van der Waals surface area contributed by atoms with Crippen molar-refractivity contribution in [3.63, 3.8) is 0 Å². The minimum absolute atomic E-state index is 0. The Morgan fingerprint density at radius 3 is 1.56 bits per heavy atom. The number of nitriles is 1. The van der Waals surface area contributed by atoms with Gasteiger partial charge in [-0.1, -0.05) is 177 Å². The molecule has 0 unspecified atom stereocenters. The van der Waals surface area contributed by atoms with Crippen molar-refractivity contribution in [2.24, 2.45) is 0 Å². The molecule has 11 aromatic rings. The Kier molecular flexibility index (Phi) is 14.5. The van der Waals surface area contributed by atoms with E-state index in [0.29, 0.717) is 27.9 Å². The Morgan fingerprint density at radius 2 is 1.00 bits per heavy atom. The van der Waals surface area contributed by atoms with Crippen LogP contribution in [0.25, 0.3) is 89.4 Å². The van der Waals surface area contributed by atoms with E-state index in [1.807, 2.05) is 123 Å². The number of rotatable bonds is 15. The van der Waals surface area contributed by atoms with E-state index in [1.54, 1.807) is 0 Å². The number of hydrogen-bond acceptors (Lipinski definition) is 4. The van der Waals surface area contributed by atoms with Crippen LogP contribution in [0.15, 0.2) is 225 Å². The first-order chi connectivity index (χ1) is 38.8. The maximum Gasteiger partial charge on any atom is 3.00 e. The Bertz CT molecular complexity index is 3900. The second-order valence-corrected chi connectivity index (χ2v) is 19.3. The van der Waals surface area contributed by atoms with E-state index >= 15 is 0 Å². The number of benzene rings is 8. The van der Waals surface area contributed by atoms with E-state index in [1.165, 1.54) is 28.5 Å². The van der Waals surface area contributed by atoms with Crippen LogP contribution in [0.1, 0.15) is 64.2 Å². The molecule has 0 saturated heterocycles. The molecule has 372 valence electrons. The predicted octanol–water partition coefficient (Wildman–Crippen LogP) is 17.5. The van der Waals surface area contributed by atoms with Crippen molar-refractivity contribution in [2.75, 3.05) is 0 Å². The summed E-state index contributed by atoms with van der Waals surface area (Å²) in [6, 6.07) is 82.6. The third kappa shape index (κ3) is 11.9. The number of pyridine rings is 3. The molecule has 0 aliphatic rings. The van der Waals surface area contributed by atoms with E-state index in [-0.39, 0.29) is 25.7 Å². The zero-order valence-corrected chi connectivity index (χ0v) is 45.2. The average Bonchev–Trinajstić information content (AvgIpc) is 3.65. The molecular weight excluding hydrogens is 1110 g/mol. The first-order valence-corrected chi connectivity index (χ1v) is 25.7. The van der Waals surface area contributed by atoms with Crippen LogP contribution in [0.2, 0.25) is 0 Å². The summed E-state index contributed by atoms with van der Waals surface area (Å²) in [5.74, 6) is -0.998. The molecule has 0 radical (unpaired) electrons. The molecular formula is C72H55IrN4. The standard InChI is InChI=1S/C72H55N4.Ir/c1-49(2)63-12-4-6-14-65(63)68-46-72(76-48-50(68)3)61-38-39-67(69(45-61)58-36-34-57(35-37-58)56-28-26-53(47-73)27-29-56)66-15-7-5-13-64(66)62-43-54(20-18-51-22-30-59(31-23-51)70-16-8-10-40-74-70)42-55(44-62)21-19-52-24-32-60(33-25-52)71-17-9-11-41-75-71;/h4-17,22-30,32,34-37,39-46,48-49H,18-21H2,1-3H3;/q-3;+3/i3D3,49D;. The average molecular weight is 1170 g/mol. The van der Waals surface area contributed by atoms with Gasteiger partial charge < -0.3 is 15.0 Å². The van der Waals surface area contributed by atoms with Crippen molar-refractivity contribution in [2.45, 2.75) is 52.3 Å². The van der Waals surface area contributed by atoms with Crippen LogP contribution < -0.4 is 0 Å². The van der Waals surface area contributed by atoms with Gasteiger partial charge in [0.15, 0.2) is 0 Å². The van der Waals surface area contributed by atoms with E-state index < -0.39 is 12.7 Å². The molecule has 0 fully saturated rings. The van der Waals surface area contributed by atoms with Crippen molar-refractivity contribution in [3.8, 4) is 95.5 Å². The number of aryl methyl sites for hydroxylation is 5. The first kappa shape index (κ1) is 46.8. The van der Waals surface area contributed by atoms with E-state index in [4.69, 9.17) is 10.5 Å². The predicted molar refractivity (Wildman–Crippen MR) is 311 cm³/mol. The monoisotopic (exact) mass is 1170 g/mol. The van der Waals surface area contributed by atoms with Gasteiger partial charge in [0.25, 0.3) is 0 Å². The van der Waals surface area contributed by atoms with E-state index in [0.717, 1.165) is 98.3 Å². The molecule has 0 amide bonds. The molecule has 77 heavy (non-hydrogen) atoms. The summed E-state index contributed by atoms with van der Waals surface area (Å²) in [5, 5.41) is 9.49. The normalized spacial score (nSPS) is 12.1. The third-order valence-electron chi connectivity index (χ3n) is 14.1. The molecule has 4 nitrogen and oxygen atoms in total. The van der Waals surface area contributed by atoms with Gasteiger partial charge in [-0.05, 0) is 128 Å². The second kappa shape index (κ2) is 23.9. The molecule has 3 aromatic heterocycles. The molecule has 0 saturated carbocycles. The van der Waals surface area contributed by atoms with Crippen LogP contribution in [0, 0.1) is 36.4 Å². The maximum absolute atomic E-state index is 9.49. The Hall–Kier alpha value is -8.65. The van der Waals surface area contributed by atoms with Crippen molar-refractivity contribution in [3.05, 3.63) is 282 Å². The van der Waals surface area contributed by atoms with Crippen LogP contribution in [0.5, 0.6) is 0 Å². The van der Waals surface area contributed by atoms with Crippen molar-refractivity contribution in [1.29, 1.82) is 5.26 Å². The quantitative estimate of drug-likeness (QED) is 0.0960. The van der Waals surface area contributed by atoms with E-state index in [9.17, 15) is 5.26 Å². The van der Waals surface area contributed by atoms with Crippen molar-refractivity contribution in [1.82, 2.24) is 15.0 Å². The van der Waals surface area contributed by atoms with Gasteiger partial charge in [0, 0.05) is 24.1 Å². The molecule has 0 N–H and O–H groups in total. The van der Waals surface area contributed by atoms with Crippen molar-refractivity contribution >= 4 is 0 Å². The topological polar surface area (TPSA) is 62.5 Å². The Balaban J connectivity index is 0.00000736. The van der Waals surface area contributed by atoms with Gasteiger partial charge >= 0.3 is 20.1 Å². The molecule has 0 aliphatic carbocycles. The van der Waals surface area contributed by atoms with Gasteiger partial charge in [-0.15, -0.1) is 94.5 Å². The number of hydrogen-bond donors (Lipinski definition) is 0. The molecule has 0 spiro atoms. The van der Waals surface area contributed by atoms with Gasteiger partial charge in [0.05, 0.1) is 11.6 Å². The Labute approximate surface area is 472 Å². The SMILES string of the molecule is [2H]C([2H])([2H])c1cnc(-c2[c-]cc(-c3ccccc3-c3cc(CCc4c[c-]c(-c5ccccn5)cc4)cc(CCc4c[c-]c(-c5ccccn5)cc4)c3)c(-c3ccc(-c4ccc(C#N)cc4)cc3)c2)cc1-c1ccccc1C([2H])(C)C.[Ir+3]. The molecule has 11 rings (SSSR count). The number of aromatic nitrogens is 3. The molecule has 0 aliphatic heterocycles. The van der Waals surface area contributed by atoms with Gasteiger partial charge in [-0.2, -0.15) is 5.26 Å². The first-order valence-electron chi connectivity index (χ1n) is 27.7. The van der Waals surface area contributed by atoms with Gasteiger partial charge in [-0.25, -0.2) is 0 Å². The molecule has 0 atom stereocenters. The van der Waals surface area contributed by atoms with Gasteiger partial charge in [0.2, 0.25) is 0 Å². The summed E-state index contributed by atoms with van der Waals surface area (Å²) in [6.45, 7) is 1.18. The summed E-state index contributed by atoms with van der Waals surface area (Å²) in [4.78, 5) is 13.9. The smallest absolute Gasteiger partial charge is 0.305 e. The maximum atomic E-state index is 9.49. The molecule has 5 heteroatoms. The third-order valence-corrected chi connectivity index (χ3v) is 14.1. The van der Waals surface area contributed by atoms with Crippen LogP contribution >= 0.6 is 0 Å². The van der Waals surface area contributed by atoms with Crippen molar-refractivity contribution < 1.29 is 25.6 Å². The summed E-state index contributed by atoms with van der Waals surface area (Å²) in [6.07, 6.45) is 8.40. The summed E-state index contributed by atoms with van der Waals surface area (Å²) < 4.78 is 34.7.